The summed E-state index contributed by atoms with van der Waals surface area (Å²) in [5.74, 6) is -1.84. The van der Waals surface area contributed by atoms with Crippen LogP contribution in [0.3, 0.4) is 0 Å². The van der Waals surface area contributed by atoms with Crippen molar-refractivity contribution in [1.29, 1.82) is 0 Å². The van der Waals surface area contributed by atoms with Gasteiger partial charge in [0.2, 0.25) is 5.95 Å². The summed E-state index contributed by atoms with van der Waals surface area (Å²) in [6.07, 6.45) is 5.45. The molecular weight excluding hydrogens is 576 g/mol. The number of nitrogens with one attached hydrogen (secondary N) is 3. The fraction of sp³-hybridized carbons (Fsp3) is 0.312. The average molecular weight is 613 g/mol. The molecule has 1 fully saturated rings. The van der Waals surface area contributed by atoms with Gasteiger partial charge in [-0.2, -0.15) is 9.97 Å². The van der Waals surface area contributed by atoms with Gasteiger partial charge >= 0.3 is 5.97 Å². The zero-order valence-corrected chi connectivity index (χ0v) is 24.7. The highest BCUT2D eigenvalue weighted by Gasteiger charge is 2.24. The molecule has 3 heterocycles. The van der Waals surface area contributed by atoms with Gasteiger partial charge in [0.1, 0.15) is 17.5 Å². The van der Waals surface area contributed by atoms with Gasteiger partial charge in [-0.05, 0) is 73.9 Å². The Labute approximate surface area is 259 Å². The largest absolute Gasteiger partial charge is 0.480 e. The Balaban J connectivity index is 1.10. The molecule has 0 bridgehead atoms. The Kier molecular flexibility index (Phi) is 9.56. The van der Waals surface area contributed by atoms with E-state index in [0.29, 0.717) is 54.9 Å². The number of aryl methyl sites for hydroxylation is 2. The number of anilines is 2. The van der Waals surface area contributed by atoms with Crippen LogP contribution in [0.4, 0.5) is 11.8 Å². The van der Waals surface area contributed by atoms with E-state index in [0.717, 1.165) is 29.4 Å². The summed E-state index contributed by atoms with van der Waals surface area (Å²) in [6.45, 7) is 1.53. The number of benzene rings is 2. The number of rotatable bonds is 12. The number of hydrogen-bond acceptors (Lipinski definition) is 8. The maximum absolute atomic E-state index is 12.9. The van der Waals surface area contributed by atoms with E-state index in [9.17, 15) is 24.3 Å². The third-order valence-electron chi connectivity index (χ3n) is 7.91. The molecule has 0 spiro atoms. The number of carbonyl (C=O) groups excluding carboxylic acids is 3. The summed E-state index contributed by atoms with van der Waals surface area (Å²) >= 11 is 0. The lowest BCUT2D eigenvalue weighted by Crippen LogP contribution is -2.41. The molecule has 234 valence electrons. The Morgan fingerprint density at radius 1 is 0.933 bits per heavy atom. The van der Waals surface area contributed by atoms with Gasteiger partial charge in [-0.3, -0.25) is 14.4 Å². The number of fused-ring (bicyclic) bond motifs is 1. The fourth-order valence-corrected chi connectivity index (χ4v) is 5.50. The van der Waals surface area contributed by atoms with Crippen LogP contribution in [0.5, 0.6) is 0 Å². The third kappa shape index (κ3) is 7.37. The number of aromatic nitrogens is 3. The molecule has 2 aromatic carbocycles. The Morgan fingerprint density at radius 2 is 1.64 bits per heavy atom. The number of nitrogens with zero attached hydrogens (tertiary/aromatic N) is 3. The number of aliphatic carboxylic acids is 1. The normalized spacial score (nSPS) is 13.5. The van der Waals surface area contributed by atoms with Crippen molar-refractivity contribution in [2.45, 2.75) is 44.6 Å². The molecule has 8 N–H and O–H groups in total. The fourth-order valence-electron chi connectivity index (χ4n) is 5.50. The van der Waals surface area contributed by atoms with Crippen LogP contribution in [-0.2, 0) is 17.6 Å². The second-order valence-corrected chi connectivity index (χ2v) is 11.0. The Hall–Kier alpha value is -5.46. The summed E-state index contributed by atoms with van der Waals surface area (Å²) in [5, 5.41) is 15.8. The van der Waals surface area contributed by atoms with Gasteiger partial charge in [-0.1, -0.05) is 24.3 Å². The number of carbonyl (C=O) groups is 4. The number of nitrogens with two attached hydrogens (primary N) is 2. The molecule has 1 aliphatic heterocycles. The molecule has 5 rings (SSSR count). The monoisotopic (exact) mass is 612 g/mol. The van der Waals surface area contributed by atoms with Crippen LogP contribution in [0.2, 0.25) is 0 Å². The van der Waals surface area contributed by atoms with Crippen LogP contribution < -0.4 is 22.1 Å². The first-order chi connectivity index (χ1) is 21.7. The summed E-state index contributed by atoms with van der Waals surface area (Å²) in [4.78, 5) is 63.5. The quantitative estimate of drug-likeness (QED) is 0.130. The molecule has 0 aliphatic carbocycles. The Bertz CT molecular complexity index is 1710. The molecule has 0 radical (unpaired) electrons. The van der Waals surface area contributed by atoms with Crippen molar-refractivity contribution in [3.63, 3.8) is 0 Å². The van der Waals surface area contributed by atoms with Crippen molar-refractivity contribution >= 4 is 46.5 Å². The van der Waals surface area contributed by atoms with E-state index in [1.54, 1.807) is 41.3 Å². The summed E-state index contributed by atoms with van der Waals surface area (Å²) in [7, 11) is 0. The van der Waals surface area contributed by atoms with Crippen LogP contribution in [0.1, 0.15) is 67.9 Å². The van der Waals surface area contributed by atoms with Gasteiger partial charge in [0.15, 0.2) is 0 Å². The first-order valence-corrected chi connectivity index (χ1v) is 14.9. The molecule has 1 atom stereocenters. The number of carboxylic acid groups (broad SMARTS) is 1. The molecule has 0 saturated carbocycles. The topological polar surface area (TPSA) is 209 Å². The van der Waals surface area contributed by atoms with E-state index in [4.69, 9.17) is 11.5 Å². The number of amides is 3. The molecule has 3 amide bonds. The molecule has 2 aromatic heterocycles. The van der Waals surface area contributed by atoms with Crippen molar-refractivity contribution in [3.05, 3.63) is 82.5 Å². The standard InChI is InChI=1S/C32H36N8O5/c33-26-25-21(18-36-27(25)39-32(34)38-26)14-11-19-9-12-20(13-10-19)28(41)37-24(31(44)45)8-5-15-35-29(42)22-6-1-2-7-23(22)30(43)40-16-3-4-17-40/h1-2,6-7,9-10,12-13,18,24H,3-5,8,11,14-17H2,(H,35,42)(H,37,41)(H,44,45)(H5,33,34,36,38,39)/t24-/m0/s1. The predicted molar refractivity (Wildman–Crippen MR) is 169 cm³/mol. The van der Waals surface area contributed by atoms with Crippen LogP contribution in [0.25, 0.3) is 11.0 Å². The van der Waals surface area contributed by atoms with E-state index < -0.39 is 23.8 Å². The maximum atomic E-state index is 12.9. The van der Waals surface area contributed by atoms with Gasteiger partial charge in [0.05, 0.1) is 16.5 Å². The lowest BCUT2D eigenvalue weighted by Gasteiger charge is -2.18. The highest BCUT2D eigenvalue weighted by atomic mass is 16.4. The minimum absolute atomic E-state index is 0.0997. The smallest absolute Gasteiger partial charge is 0.326 e. The SMILES string of the molecule is Nc1nc(N)c2c(CCc3ccc(C(=O)N[C@@H](CCCNC(=O)c4ccccc4C(=O)N4CCCC4)C(=O)O)cc3)c[nH]c2n1. The minimum Gasteiger partial charge on any atom is -0.480 e. The van der Waals surface area contributed by atoms with Crippen molar-refractivity contribution in [2.24, 2.45) is 0 Å². The van der Waals surface area contributed by atoms with Crippen molar-refractivity contribution in [3.8, 4) is 0 Å². The number of hydrogen-bond donors (Lipinski definition) is 6. The zero-order chi connectivity index (χ0) is 31.9. The van der Waals surface area contributed by atoms with Gasteiger partial charge in [0.25, 0.3) is 17.7 Å². The van der Waals surface area contributed by atoms with Crippen LogP contribution in [-0.4, -0.2) is 74.3 Å². The minimum atomic E-state index is -1.17. The van der Waals surface area contributed by atoms with Gasteiger partial charge in [0, 0.05) is 31.4 Å². The highest BCUT2D eigenvalue weighted by Crippen LogP contribution is 2.24. The van der Waals surface area contributed by atoms with Crippen LogP contribution in [0.15, 0.2) is 54.7 Å². The van der Waals surface area contributed by atoms with Crippen LogP contribution >= 0.6 is 0 Å². The number of nitrogen functional groups attached to an aromatic ring is 2. The predicted octanol–water partition coefficient (Wildman–Crippen LogP) is 2.54. The van der Waals surface area contributed by atoms with E-state index in [-0.39, 0.29) is 30.4 Å². The number of H-pyrrole nitrogens is 1. The van der Waals surface area contributed by atoms with Gasteiger partial charge in [-0.25, -0.2) is 4.79 Å². The lowest BCUT2D eigenvalue weighted by molar-refractivity contribution is -0.139. The lowest BCUT2D eigenvalue weighted by atomic mass is 10.0. The molecule has 1 saturated heterocycles. The number of likely N-dealkylation sites (tertiary alicyclic amines) is 1. The first kappa shape index (κ1) is 31.0. The van der Waals surface area contributed by atoms with Crippen molar-refractivity contribution in [2.75, 3.05) is 31.1 Å². The number of carboxylic acids is 1. The third-order valence-corrected chi connectivity index (χ3v) is 7.91. The van der Waals surface area contributed by atoms with E-state index >= 15 is 0 Å². The molecule has 0 unspecified atom stereocenters. The second-order valence-electron chi connectivity index (χ2n) is 11.0. The number of aromatic amines is 1. The molecule has 13 heteroatoms. The van der Waals surface area contributed by atoms with E-state index in [2.05, 4.69) is 25.6 Å². The molecule has 13 nitrogen and oxygen atoms in total. The highest BCUT2D eigenvalue weighted by molar-refractivity contribution is 6.07. The second kappa shape index (κ2) is 13.9. The zero-order valence-electron chi connectivity index (χ0n) is 24.7. The summed E-state index contributed by atoms with van der Waals surface area (Å²) in [6, 6.07) is 12.5. The van der Waals surface area contributed by atoms with E-state index in [1.807, 2.05) is 18.3 Å². The first-order valence-electron chi connectivity index (χ1n) is 14.9. The van der Waals surface area contributed by atoms with Crippen molar-refractivity contribution < 1.29 is 24.3 Å². The molecule has 1 aliphatic rings. The van der Waals surface area contributed by atoms with Gasteiger partial charge in [-0.15, -0.1) is 0 Å². The molecule has 4 aromatic rings. The van der Waals surface area contributed by atoms with Crippen LogP contribution in [0, 0.1) is 0 Å². The van der Waals surface area contributed by atoms with E-state index in [1.165, 1.54) is 0 Å². The summed E-state index contributed by atoms with van der Waals surface area (Å²) in [5.41, 5.74) is 15.2. The maximum Gasteiger partial charge on any atom is 0.326 e. The van der Waals surface area contributed by atoms with Gasteiger partial charge < -0.3 is 37.1 Å². The van der Waals surface area contributed by atoms with Crippen molar-refractivity contribution in [1.82, 2.24) is 30.5 Å². The Morgan fingerprint density at radius 3 is 2.36 bits per heavy atom. The average Bonchev–Trinajstić information content (AvgIpc) is 3.72. The summed E-state index contributed by atoms with van der Waals surface area (Å²) < 4.78 is 0. The molecule has 45 heavy (non-hydrogen) atoms. The molecular formula is C32H36N8O5.